The van der Waals surface area contributed by atoms with Crippen LogP contribution >= 0.6 is 12.2 Å². The lowest BCUT2D eigenvalue weighted by molar-refractivity contribution is 0.426. The molecule has 0 fully saturated rings. The van der Waals surface area contributed by atoms with Crippen LogP contribution in [0, 0.1) is 5.92 Å². The minimum atomic E-state index is 0.632. The minimum Gasteiger partial charge on any atom is -0.362 e. The van der Waals surface area contributed by atoms with Gasteiger partial charge in [0, 0.05) is 19.6 Å². The third-order valence-corrected chi connectivity index (χ3v) is 3.77. The molecule has 18 heavy (non-hydrogen) atoms. The summed E-state index contributed by atoms with van der Waals surface area (Å²) in [6.07, 6.45) is 2.19. The molecule has 1 N–H and O–H groups in total. The van der Waals surface area contributed by atoms with Crippen molar-refractivity contribution in [2.24, 2.45) is 5.92 Å². The van der Waals surface area contributed by atoms with Gasteiger partial charge < -0.3 is 10.2 Å². The van der Waals surface area contributed by atoms with E-state index in [0.717, 1.165) is 37.6 Å². The SMILES string of the molecule is CC(C)CNC(=S)N1CCc2ccccc2CC1. The van der Waals surface area contributed by atoms with Crippen LogP contribution in [0.2, 0.25) is 0 Å². The van der Waals surface area contributed by atoms with Gasteiger partial charge in [0.05, 0.1) is 0 Å². The zero-order valence-electron chi connectivity index (χ0n) is 11.3. The molecule has 2 rings (SSSR count). The Morgan fingerprint density at radius 1 is 1.22 bits per heavy atom. The maximum absolute atomic E-state index is 5.48. The fraction of sp³-hybridized carbons (Fsp3) is 0.533. The van der Waals surface area contributed by atoms with Crippen molar-refractivity contribution in [3.05, 3.63) is 35.4 Å². The molecule has 3 heteroatoms. The second kappa shape index (κ2) is 6.19. The molecule has 0 bridgehead atoms. The van der Waals surface area contributed by atoms with Crippen LogP contribution in [0.15, 0.2) is 24.3 Å². The lowest BCUT2D eigenvalue weighted by Crippen LogP contribution is -2.42. The molecule has 0 spiro atoms. The number of rotatable bonds is 2. The Morgan fingerprint density at radius 2 is 1.78 bits per heavy atom. The molecule has 0 unspecified atom stereocenters. The Hall–Kier alpha value is -1.09. The predicted octanol–water partition coefficient (Wildman–Crippen LogP) is 2.62. The Morgan fingerprint density at radius 3 is 2.28 bits per heavy atom. The molecule has 0 amide bonds. The van der Waals surface area contributed by atoms with Gasteiger partial charge in [0.25, 0.3) is 0 Å². The zero-order chi connectivity index (χ0) is 13.0. The van der Waals surface area contributed by atoms with E-state index in [9.17, 15) is 0 Å². The third-order valence-electron chi connectivity index (χ3n) is 3.37. The Labute approximate surface area is 115 Å². The molecule has 1 aromatic carbocycles. The molecule has 0 saturated carbocycles. The highest BCUT2D eigenvalue weighted by molar-refractivity contribution is 7.80. The summed E-state index contributed by atoms with van der Waals surface area (Å²) in [6, 6.07) is 8.74. The number of nitrogens with zero attached hydrogens (tertiary/aromatic N) is 1. The molecule has 1 aliphatic rings. The second-order valence-corrected chi connectivity index (χ2v) is 5.72. The van der Waals surface area contributed by atoms with E-state index in [0.29, 0.717) is 5.92 Å². The van der Waals surface area contributed by atoms with Crippen LogP contribution < -0.4 is 5.32 Å². The maximum atomic E-state index is 5.48. The summed E-state index contributed by atoms with van der Waals surface area (Å²) in [4.78, 5) is 2.30. The highest BCUT2D eigenvalue weighted by Crippen LogP contribution is 2.15. The number of benzene rings is 1. The van der Waals surface area contributed by atoms with Crippen LogP contribution in [0.1, 0.15) is 25.0 Å². The van der Waals surface area contributed by atoms with Crippen LogP contribution in [-0.4, -0.2) is 29.6 Å². The van der Waals surface area contributed by atoms with Gasteiger partial charge in [-0.15, -0.1) is 0 Å². The highest BCUT2D eigenvalue weighted by atomic mass is 32.1. The third kappa shape index (κ3) is 3.45. The monoisotopic (exact) mass is 262 g/mol. The van der Waals surface area contributed by atoms with E-state index in [2.05, 4.69) is 48.3 Å². The minimum absolute atomic E-state index is 0.632. The Bertz CT molecular complexity index is 388. The predicted molar refractivity (Wildman–Crippen MR) is 80.9 cm³/mol. The van der Waals surface area contributed by atoms with Gasteiger partial charge in [0.1, 0.15) is 0 Å². The van der Waals surface area contributed by atoms with Crippen LogP contribution in [0.3, 0.4) is 0 Å². The van der Waals surface area contributed by atoms with Gasteiger partial charge >= 0.3 is 0 Å². The second-order valence-electron chi connectivity index (χ2n) is 5.34. The molecule has 0 atom stereocenters. The topological polar surface area (TPSA) is 15.3 Å². The van der Waals surface area contributed by atoms with Crippen molar-refractivity contribution in [1.82, 2.24) is 10.2 Å². The first-order chi connectivity index (χ1) is 8.66. The average molecular weight is 262 g/mol. The molecular formula is C15H22N2S. The summed E-state index contributed by atoms with van der Waals surface area (Å²) >= 11 is 5.48. The number of hydrogen-bond acceptors (Lipinski definition) is 1. The van der Waals surface area contributed by atoms with Gasteiger partial charge in [-0.05, 0) is 42.1 Å². The standard InChI is InChI=1S/C15H22N2S/c1-12(2)11-16-15(18)17-9-7-13-5-3-4-6-14(13)8-10-17/h3-6,12H,7-11H2,1-2H3,(H,16,18). The number of hydrogen-bond donors (Lipinski definition) is 1. The fourth-order valence-electron chi connectivity index (χ4n) is 2.27. The first-order valence-corrected chi connectivity index (χ1v) is 7.17. The van der Waals surface area contributed by atoms with E-state index >= 15 is 0 Å². The number of thiocarbonyl (C=S) groups is 1. The highest BCUT2D eigenvalue weighted by Gasteiger charge is 2.15. The van der Waals surface area contributed by atoms with E-state index in [-0.39, 0.29) is 0 Å². The number of fused-ring (bicyclic) bond motifs is 1. The van der Waals surface area contributed by atoms with Crippen molar-refractivity contribution >= 4 is 17.3 Å². The van der Waals surface area contributed by atoms with Gasteiger partial charge in [-0.25, -0.2) is 0 Å². The molecule has 98 valence electrons. The van der Waals surface area contributed by atoms with Gasteiger partial charge in [-0.1, -0.05) is 38.1 Å². The lowest BCUT2D eigenvalue weighted by Gasteiger charge is -2.24. The maximum Gasteiger partial charge on any atom is 0.168 e. The molecular weight excluding hydrogens is 240 g/mol. The van der Waals surface area contributed by atoms with Crippen LogP contribution in [0.4, 0.5) is 0 Å². The average Bonchev–Trinajstić information content (AvgIpc) is 2.58. The molecule has 0 aliphatic carbocycles. The van der Waals surface area contributed by atoms with E-state index < -0.39 is 0 Å². The normalized spacial score (nSPS) is 15.2. The largest absolute Gasteiger partial charge is 0.362 e. The first kappa shape index (κ1) is 13.3. The molecule has 0 aromatic heterocycles. The van der Waals surface area contributed by atoms with E-state index in [4.69, 9.17) is 12.2 Å². The van der Waals surface area contributed by atoms with Gasteiger partial charge in [-0.2, -0.15) is 0 Å². The molecule has 0 saturated heterocycles. The lowest BCUT2D eigenvalue weighted by atomic mass is 10.0. The van der Waals surface area contributed by atoms with Gasteiger partial charge in [-0.3, -0.25) is 0 Å². The zero-order valence-corrected chi connectivity index (χ0v) is 12.1. The van der Waals surface area contributed by atoms with Gasteiger partial charge in [0.2, 0.25) is 0 Å². The van der Waals surface area contributed by atoms with Crippen molar-refractivity contribution < 1.29 is 0 Å². The van der Waals surface area contributed by atoms with E-state index in [1.165, 1.54) is 11.1 Å². The molecule has 1 aliphatic heterocycles. The van der Waals surface area contributed by atoms with Crippen molar-refractivity contribution in [3.63, 3.8) is 0 Å². The summed E-state index contributed by atoms with van der Waals surface area (Å²) in [7, 11) is 0. The van der Waals surface area contributed by atoms with E-state index in [1.807, 2.05) is 0 Å². The quantitative estimate of drug-likeness (QED) is 0.825. The molecule has 0 radical (unpaired) electrons. The van der Waals surface area contributed by atoms with Crippen LogP contribution in [0.5, 0.6) is 0 Å². The van der Waals surface area contributed by atoms with Crippen molar-refractivity contribution in [1.29, 1.82) is 0 Å². The van der Waals surface area contributed by atoms with Crippen molar-refractivity contribution in [3.8, 4) is 0 Å². The van der Waals surface area contributed by atoms with Crippen LogP contribution in [-0.2, 0) is 12.8 Å². The summed E-state index contributed by atoms with van der Waals surface area (Å²) in [5, 5.41) is 4.28. The fourth-order valence-corrected chi connectivity index (χ4v) is 2.54. The van der Waals surface area contributed by atoms with Crippen LogP contribution in [0.25, 0.3) is 0 Å². The molecule has 1 aromatic rings. The van der Waals surface area contributed by atoms with Crippen molar-refractivity contribution in [2.45, 2.75) is 26.7 Å². The Balaban J connectivity index is 1.93. The summed E-state index contributed by atoms with van der Waals surface area (Å²) in [6.45, 7) is 7.42. The molecule has 2 nitrogen and oxygen atoms in total. The summed E-state index contributed by atoms with van der Waals surface area (Å²) in [5.41, 5.74) is 2.96. The summed E-state index contributed by atoms with van der Waals surface area (Å²) in [5.74, 6) is 0.632. The number of nitrogens with one attached hydrogen (secondary N) is 1. The first-order valence-electron chi connectivity index (χ1n) is 6.76. The van der Waals surface area contributed by atoms with Gasteiger partial charge in [0.15, 0.2) is 5.11 Å². The smallest absolute Gasteiger partial charge is 0.168 e. The van der Waals surface area contributed by atoms with E-state index in [1.54, 1.807) is 0 Å². The van der Waals surface area contributed by atoms with Crippen molar-refractivity contribution in [2.75, 3.05) is 19.6 Å². The molecule has 1 heterocycles. The Kier molecular flexibility index (Phi) is 4.59. The summed E-state index contributed by atoms with van der Waals surface area (Å²) < 4.78 is 0.